The van der Waals surface area contributed by atoms with Crippen LogP contribution in [0, 0.1) is 6.92 Å². The van der Waals surface area contributed by atoms with Crippen LogP contribution < -0.4 is 5.73 Å². The fraction of sp³-hybridized carbons (Fsp3) is 0.500. The summed E-state index contributed by atoms with van der Waals surface area (Å²) in [6.07, 6.45) is 1.51. The molecule has 0 saturated heterocycles. The van der Waals surface area contributed by atoms with Crippen molar-refractivity contribution in [1.82, 2.24) is 29.8 Å². The number of anilines is 1. The predicted molar refractivity (Wildman–Crippen MR) is 54.0 cm³/mol. The molecule has 0 aromatic carbocycles. The number of hydrogen-bond donors (Lipinski definition) is 1. The van der Waals surface area contributed by atoms with Gasteiger partial charge in [0.15, 0.2) is 11.6 Å². The molecular weight excluding hydrogens is 194 g/mol. The summed E-state index contributed by atoms with van der Waals surface area (Å²) in [5.41, 5.74) is 5.47. The second kappa shape index (κ2) is 3.68. The highest BCUT2D eigenvalue weighted by Gasteiger charge is 2.08. The maximum absolute atomic E-state index is 5.47. The highest BCUT2D eigenvalue weighted by Crippen LogP contribution is 2.02. The SMILES string of the molecule is CCn1c(C)nnc1Cn1ncc(N)n1. The van der Waals surface area contributed by atoms with Gasteiger partial charge in [0.25, 0.3) is 0 Å². The Morgan fingerprint density at radius 2 is 2.20 bits per heavy atom. The van der Waals surface area contributed by atoms with Gasteiger partial charge in [0.2, 0.25) is 0 Å². The Morgan fingerprint density at radius 1 is 1.40 bits per heavy atom. The minimum atomic E-state index is 0.411. The average Bonchev–Trinajstić information content (AvgIpc) is 2.75. The van der Waals surface area contributed by atoms with E-state index in [0.29, 0.717) is 12.4 Å². The van der Waals surface area contributed by atoms with Gasteiger partial charge in [-0.05, 0) is 13.8 Å². The summed E-state index contributed by atoms with van der Waals surface area (Å²) in [7, 11) is 0. The first kappa shape index (κ1) is 9.63. The van der Waals surface area contributed by atoms with E-state index in [2.05, 4.69) is 20.4 Å². The van der Waals surface area contributed by atoms with E-state index in [1.165, 1.54) is 11.0 Å². The summed E-state index contributed by atoms with van der Waals surface area (Å²) in [6.45, 7) is 5.30. The Labute approximate surface area is 86.9 Å². The summed E-state index contributed by atoms with van der Waals surface area (Å²) < 4.78 is 2.01. The first-order chi connectivity index (χ1) is 7.20. The number of nitrogens with zero attached hydrogens (tertiary/aromatic N) is 6. The third-order valence-electron chi connectivity index (χ3n) is 2.17. The molecule has 15 heavy (non-hydrogen) atoms. The molecule has 0 unspecified atom stereocenters. The fourth-order valence-corrected chi connectivity index (χ4v) is 1.47. The van der Waals surface area contributed by atoms with Gasteiger partial charge >= 0.3 is 0 Å². The van der Waals surface area contributed by atoms with Crippen LogP contribution >= 0.6 is 0 Å². The van der Waals surface area contributed by atoms with E-state index in [0.717, 1.165) is 18.2 Å². The van der Waals surface area contributed by atoms with Crippen LogP contribution in [0.4, 0.5) is 5.82 Å². The Bertz CT molecular complexity index is 455. The van der Waals surface area contributed by atoms with Crippen molar-refractivity contribution in [2.24, 2.45) is 0 Å². The molecule has 7 heteroatoms. The molecule has 80 valence electrons. The van der Waals surface area contributed by atoms with Gasteiger partial charge in [-0.3, -0.25) is 0 Å². The van der Waals surface area contributed by atoms with Crippen LogP contribution in [0.25, 0.3) is 0 Å². The van der Waals surface area contributed by atoms with Gasteiger partial charge in [-0.25, -0.2) is 0 Å². The van der Waals surface area contributed by atoms with Crippen LogP contribution in [0.1, 0.15) is 18.6 Å². The topological polar surface area (TPSA) is 87.4 Å². The smallest absolute Gasteiger partial charge is 0.165 e. The maximum atomic E-state index is 5.47. The first-order valence-electron chi connectivity index (χ1n) is 4.75. The number of hydrogen-bond acceptors (Lipinski definition) is 5. The average molecular weight is 207 g/mol. The van der Waals surface area contributed by atoms with Crippen molar-refractivity contribution in [3.63, 3.8) is 0 Å². The number of aryl methyl sites for hydroxylation is 1. The van der Waals surface area contributed by atoms with Crippen molar-refractivity contribution in [3.05, 3.63) is 17.8 Å². The molecule has 0 spiro atoms. The third-order valence-corrected chi connectivity index (χ3v) is 2.17. The summed E-state index contributed by atoms with van der Waals surface area (Å²) in [6, 6.07) is 0. The number of aromatic nitrogens is 6. The fourth-order valence-electron chi connectivity index (χ4n) is 1.47. The molecular formula is C8H13N7. The van der Waals surface area contributed by atoms with Crippen molar-refractivity contribution < 1.29 is 0 Å². The monoisotopic (exact) mass is 207 g/mol. The molecule has 0 aliphatic carbocycles. The van der Waals surface area contributed by atoms with Crippen LogP contribution in [-0.4, -0.2) is 29.8 Å². The third kappa shape index (κ3) is 1.80. The largest absolute Gasteiger partial charge is 0.381 e. The zero-order chi connectivity index (χ0) is 10.8. The van der Waals surface area contributed by atoms with E-state index >= 15 is 0 Å². The Morgan fingerprint density at radius 3 is 2.80 bits per heavy atom. The second-order valence-electron chi connectivity index (χ2n) is 3.21. The molecule has 2 heterocycles. The zero-order valence-corrected chi connectivity index (χ0v) is 8.75. The van der Waals surface area contributed by atoms with E-state index in [9.17, 15) is 0 Å². The Hall–Kier alpha value is -1.92. The second-order valence-corrected chi connectivity index (χ2v) is 3.21. The van der Waals surface area contributed by atoms with Crippen LogP contribution in [0.2, 0.25) is 0 Å². The molecule has 0 amide bonds. The van der Waals surface area contributed by atoms with Gasteiger partial charge in [0, 0.05) is 6.54 Å². The summed E-state index contributed by atoms with van der Waals surface area (Å²) in [5.74, 6) is 2.15. The molecule has 2 aromatic heterocycles. The van der Waals surface area contributed by atoms with Crippen molar-refractivity contribution in [3.8, 4) is 0 Å². The quantitative estimate of drug-likeness (QED) is 0.754. The molecule has 7 nitrogen and oxygen atoms in total. The van der Waals surface area contributed by atoms with Crippen LogP contribution in [0.15, 0.2) is 6.20 Å². The van der Waals surface area contributed by atoms with E-state index in [4.69, 9.17) is 5.73 Å². The summed E-state index contributed by atoms with van der Waals surface area (Å²) >= 11 is 0. The van der Waals surface area contributed by atoms with Crippen molar-refractivity contribution in [2.45, 2.75) is 26.9 Å². The van der Waals surface area contributed by atoms with E-state index in [1.807, 2.05) is 18.4 Å². The normalized spacial score (nSPS) is 10.8. The van der Waals surface area contributed by atoms with Gasteiger partial charge in [-0.2, -0.15) is 9.90 Å². The van der Waals surface area contributed by atoms with Crippen LogP contribution in [0.3, 0.4) is 0 Å². The predicted octanol–water partition coefficient (Wildman–Crippen LogP) is -0.172. The molecule has 2 rings (SSSR count). The van der Waals surface area contributed by atoms with Crippen molar-refractivity contribution in [2.75, 3.05) is 5.73 Å². The van der Waals surface area contributed by atoms with Gasteiger partial charge in [-0.15, -0.1) is 15.3 Å². The molecule has 2 N–H and O–H groups in total. The van der Waals surface area contributed by atoms with E-state index < -0.39 is 0 Å². The van der Waals surface area contributed by atoms with Gasteiger partial charge < -0.3 is 10.3 Å². The number of rotatable bonds is 3. The molecule has 0 fully saturated rings. The van der Waals surface area contributed by atoms with E-state index in [1.54, 1.807) is 0 Å². The molecule has 0 atom stereocenters. The van der Waals surface area contributed by atoms with Crippen LogP contribution in [0.5, 0.6) is 0 Å². The lowest BCUT2D eigenvalue weighted by molar-refractivity contribution is 0.544. The molecule has 0 radical (unpaired) electrons. The van der Waals surface area contributed by atoms with E-state index in [-0.39, 0.29) is 0 Å². The lowest BCUT2D eigenvalue weighted by atomic mass is 10.5. The number of nitrogen functional groups attached to an aromatic ring is 1. The highest BCUT2D eigenvalue weighted by molar-refractivity contribution is 5.19. The lowest BCUT2D eigenvalue weighted by Crippen LogP contribution is -2.11. The molecule has 0 aliphatic rings. The minimum absolute atomic E-state index is 0.411. The lowest BCUT2D eigenvalue weighted by Gasteiger charge is -2.03. The molecule has 0 saturated carbocycles. The molecule has 0 aliphatic heterocycles. The first-order valence-corrected chi connectivity index (χ1v) is 4.75. The molecule has 0 bridgehead atoms. The van der Waals surface area contributed by atoms with Crippen molar-refractivity contribution >= 4 is 5.82 Å². The molecule has 2 aromatic rings. The van der Waals surface area contributed by atoms with Gasteiger partial charge in [-0.1, -0.05) is 0 Å². The van der Waals surface area contributed by atoms with Crippen LogP contribution in [-0.2, 0) is 13.1 Å². The Balaban J connectivity index is 2.24. The minimum Gasteiger partial charge on any atom is -0.381 e. The maximum Gasteiger partial charge on any atom is 0.165 e. The summed E-state index contributed by atoms with van der Waals surface area (Å²) in [4.78, 5) is 1.50. The van der Waals surface area contributed by atoms with Gasteiger partial charge in [0.1, 0.15) is 12.4 Å². The summed E-state index contributed by atoms with van der Waals surface area (Å²) in [5, 5.41) is 16.1. The number of nitrogens with two attached hydrogens (primary N) is 1. The standard InChI is InChI=1S/C8H13N7/c1-3-14-6(2)11-12-8(14)5-15-10-4-7(9)13-15/h4H,3,5H2,1-2H3,(H2,9,13). The highest BCUT2D eigenvalue weighted by atomic mass is 15.5. The van der Waals surface area contributed by atoms with Crippen molar-refractivity contribution in [1.29, 1.82) is 0 Å². The van der Waals surface area contributed by atoms with Gasteiger partial charge in [0.05, 0.1) is 6.20 Å². The zero-order valence-electron chi connectivity index (χ0n) is 8.75. The Kier molecular flexibility index (Phi) is 2.36.